The Bertz CT molecular complexity index is 337. The Morgan fingerprint density at radius 1 is 1.26 bits per heavy atom. The molecule has 0 aromatic carbocycles. The second-order valence-corrected chi connectivity index (χ2v) is 7.33. The van der Waals surface area contributed by atoms with Gasteiger partial charge in [-0.05, 0) is 31.7 Å². The fraction of sp³-hybridized carbons (Fsp3) is 0.933. The fourth-order valence-electron chi connectivity index (χ4n) is 3.21. The standard InChI is InChI=1S/C15H29N3O/c1-11-9-17-8-6-5-7-12(17)10-18(11)14(19)13(16)15(2,3)4/h11-13H,5-10,16H2,1-4H3/t11?,12?,13-/m0/s1. The van der Waals surface area contributed by atoms with E-state index in [1.165, 1.54) is 25.8 Å². The van der Waals surface area contributed by atoms with Crippen molar-refractivity contribution in [1.29, 1.82) is 0 Å². The summed E-state index contributed by atoms with van der Waals surface area (Å²) >= 11 is 0. The maximum Gasteiger partial charge on any atom is 0.240 e. The zero-order valence-corrected chi connectivity index (χ0v) is 12.9. The summed E-state index contributed by atoms with van der Waals surface area (Å²) in [6.07, 6.45) is 3.82. The number of carbonyl (C=O) groups excluding carboxylic acids is 1. The summed E-state index contributed by atoms with van der Waals surface area (Å²) in [6.45, 7) is 11.3. The first-order valence-corrected chi connectivity index (χ1v) is 7.61. The minimum absolute atomic E-state index is 0.130. The molecular weight excluding hydrogens is 238 g/mol. The smallest absolute Gasteiger partial charge is 0.240 e. The zero-order chi connectivity index (χ0) is 14.2. The molecule has 2 fully saturated rings. The molecule has 2 unspecified atom stereocenters. The molecular formula is C15H29N3O. The van der Waals surface area contributed by atoms with Crippen molar-refractivity contribution in [2.45, 2.75) is 65.1 Å². The van der Waals surface area contributed by atoms with E-state index in [9.17, 15) is 4.79 Å². The highest BCUT2D eigenvalue weighted by molar-refractivity contribution is 5.83. The Balaban J connectivity index is 2.05. The molecule has 0 aliphatic carbocycles. The summed E-state index contributed by atoms with van der Waals surface area (Å²) in [5.74, 6) is 0.130. The minimum Gasteiger partial charge on any atom is -0.336 e. The number of rotatable bonds is 1. The van der Waals surface area contributed by atoms with Crippen LogP contribution in [0.4, 0.5) is 0 Å². The van der Waals surface area contributed by atoms with Gasteiger partial charge in [-0.25, -0.2) is 0 Å². The Morgan fingerprint density at radius 2 is 1.95 bits per heavy atom. The molecule has 0 aromatic heterocycles. The van der Waals surface area contributed by atoms with Crippen LogP contribution in [0.1, 0.15) is 47.0 Å². The molecule has 2 saturated heterocycles. The molecule has 110 valence electrons. The summed E-state index contributed by atoms with van der Waals surface area (Å²) in [7, 11) is 0. The van der Waals surface area contributed by atoms with Gasteiger partial charge in [0, 0.05) is 25.2 Å². The van der Waals surface area contributed by atoms with Crippen LogP contribution in [-0.2, 0) is 4.79 Å². The Labute approximate surface area is 117 Å². The monoisotopic (exact) mass is 267 g/mol. The number of nitrogens with zero attached hydrogens (tertiary/aromatic N) is 2. The third-order valence-electron chi connectivity index (χ3n) is 4.67. The fourth-order valence-corrected chi connectivity index (χ4v) is 3.21. The molecule has 0 saturated carbocycles. The lowest BCUT2D eigenvalue weighted by Crippen LogP contribution is -2.63. The molecule has 0 radical (unpaired) electrons. The molecule has 0 aromatic rings. The van der Waals surface area contributed by atoms with Crippen LogP contribution in [0.25, 0.3) is 0 Å². The van der Waals surface area contributed by atoms with E-state index in [0.29, 0.717) is 6.04 Å². The Hall–Kier alpha value is -0.610. The Kier molecular flexibility index (Phi) is 4.21. The lowest BCUT2D eigenvalue weighted by Gasteiger charge is -2.48. The summed E-state index contributed by atoms with van der Waals surface area (Å²) in [5, 5.41) is 0. The van der Waals surface area contributed by atoms with Crippen molar-refractivity contribution >= 4 is 5.91 Å². The second kappa shape index (κ2) is 5.41. The molecule has 4 nitrogen and oxygen atoms in total. The molecule has 2 heterocycles. The number of fused-ring (bicyclic) bond motifs is 1. The average molecular weight is 267 g/mol. The highest BCUT2D eigenvalue weighted by atomic mass is 16.2. The lowest BCUT2D eigenvalue weighted by atomic mass is 9.85. The first-order chi connectivity index (χ1) is 8.80. The van der Waals surface area contributed by atoms with E-state index in [2.05, 4.69) is 11.8 Å². The van der Waals surface area contributed by atoms with Crippen LogP contribution in [0.5, 0.6) is 0 Å². The molecule has 1 amide bonds. The van der Waals surface area contributed by atoms with Crippen molar-refractivity contribution < 1.29 is 4.79 Å². The van der Waals surface area contributed by atoms with Crippen molar-refractivity contribution in [1.82, 2.24) is 9.80 Å². The Morgan fingerprint density at radius 3 is 2.58 bits per heavy atom. The molecule has 4 heteroatoms. The van der Waals surface area contributed by atoms with Gasteiger partial charge in [0.1, 0.15) is 0 Å². The van der Waals surface area contributed by atoms with Gasteiger partial charge in [0.2, 0.25) is 5.91 Å². The number of piperidine rings is 1. The molecule has 2 aliphatic rings. The van der Waals surface area contributed by atoms with Gasteiger partial charge in [-0.3, -0.25) is 9.69 Å². The third-order valence-corrected chi connectivity index (χ3v) is 4.67. The topological polar surface area (TPSA) is 49.6 Å². The maximum atomic E-state index is 12.6. The first-order valence-electron chi connectivity index (χ1n) is 7.61. The lowest BCUT2D eigenvalue weighted by molar-refractivity contribution is -0.141. The highest BCUT2D eigenvalue weighted by Crippen LogP contribution is 2.26. The molecule has 19 heavy (non-hydrogen) atoms. The van der Waals surface area contributed by atoms with E-state index in [-0.39, 0.29) is 17.4 Å². The average Bonchev–Trinajstić information content (AvgIpc) is 2.35. The predicted octanol–water partition coefficient (Wildman–Crippen LogP) is 1.45. The van der Waals surface area contributed by atoms with Gasteiger partial charge < -0.3 is 10.6 Å². The SMILES string of the molecule is CC1CN2CCCCC2CN1C(=O)[C@H](N)C(C)(C)C. The summed E-state index contributed by atoms with van der Waals surface area (Å²) in [5.41, 5.74) is 5.98. The van der Waals surface area contributed by atoms with Gasteiger partial charge in [-0.1, -0.05) is 27.2 Å². The number of hydrogen-bond acceptors (Lipinski definition) is 3. The van der Waals surface area contributed by atoms with Crippen LogP contribution in [0.2, 0.25) is 0 Å². The van der Waals surface area contributed by atoms with Crippen LogP contribution in [-0.4, -0.2) is 53.5 Å². The van der Waals surface area contributed by atoms with Crippen molar-refractivity contribution in [2.24, 2.45) is 11.1 Å². The second-order valence-electron chi connectivity index (χ2n) is 7.33. The number of piperazine rings is 1. The number of nitrogens with two attached hydrogens (primary N) is 1. The first kappa shape index (κ1) is 14.8. The van der Waals surface area contributed by atoms with Gasteiger partial charge >= 0.3 is 0 Å². The van der Waals surface area contributed by atoms with Gasteiger partial charge in [0.15, 0.2) is 0 Å². The van der Waals surface area contributed by atoms with Crippen LogP contribution >= 0.6 is 0 Å². The van der Waals surface area contributed by atoms with Crippen molar-refractivity contribution in [3.05, 3.63) is 0 Å². The molecule has 0 spiro atoms. The van der Waals surface area contributed by atoms with E-state index in [1.807, 2.05) is 25.7 Å². The van der Waals surface area contributed by atoms with Crippen LogP contribution in [0.3, 0.4) is 0 Å². The van der Waals surface area contributed by atoms with E-state index < -0.39 is 6.04 Å². The van der Waals surface area contributed by atoms with E-state index in [4.69, 9.17) is 5.73 Å². The largest absolute Gasteiger partial charge is 0.336 e. The number of amides is 1. The van der Waals surface area contributed by atoms with Gasteiger partial charge in [0.05, 0.1) is 6.04 Å². The third kappa shape index (κ3) is 3.11. The van der Waals surface area contributed by atoms with Crippen molar-refractivity contribution in [3.8, 4) is 0 Å². The van der Waals surface area contributed by atoms with Gasteiger partial charge in [-0.15, -0.1) is 0 Å². The van der Waals surface area contributed by atoms with E-state index >= 15 is 0 Å². The van der Waals surface area contributed by atoms with Crippen molar-refractivity contribution in [2.75, 3.05) is 19.6 Å². The van der Waals surface area contributed by atoms with Gasteiger partial charge in [0.25, 0.3) is 0 Å². The normalized spacial score (nSPS) is 30.9. The number of carbonyl (C=O) groups is 1. The van der Waals surface area contributed by atoms with E-state index in [0.717, 1.165) is 13.1 Å². The molecule has 2 N–H and O–H groups in total. The van der Waals surface area contributed by atoms with E-state index in [1.54, 1.807) is 0 Å². The summed E-state index contributed by atoms with van der Waals surface area (Å²) in [6, 6.07) is 0.446. The quantitative estimate of drug-likeness (QED) is 0.782. The van der Waals surface area contributed by atoms with Crippen LogP contribution < -0.4 is 5.73 Å². The van der Waals surface area contributed by atoms with Crippen LogP contribution in [0, 0.1) is 5.41 Å². The van der Waals surface area contributed by atoms with Gasteiger partial charge in [-0.2, -0.15) is 0 Å². The minimum atomic E-state index is -0.398. The number of hydrogen-bond donors (Lipinski definition) is 1. The maximum absolute atomic E-state index is 12.6. The molecule has 3 atom stereocenters. The van der Waals surface area contributed by atoms with Crippen LogP contribution in [0.15, 0.2) is 0 Å². The summed E-state index contributed by atoms with van der Waals surface area (Å²) in [4.78, 5) is 17.2. The zero-order valence-electron chi connectivity index (χ0n) is 12.9. The van der Waals surface area contributed by atoms with Crippen molar-refractivity contribution in [3.63, 3.8) is 0 Å². The predicted molar refractivity (Wildman–Crippen MR) is 77.8 cm³/mol. The summed E-state index contributed by atoms with van der Waals surface area (Å²) < 4.78 is 0. The molecule has 0 bridgehead atoms. The molecule has 2 aliphatic heterocycles. The molecule has 2 rings (SSSR count). The highest BCUT2D eigenvalue weighted by Gasteiger charge is 2.39.